The summed E-state index contributed by atoms with van der Waals surface area (Å²) >= 11 is 1.25. The summed E-state index contributed by atoms with van der Waals surface area (Å²) in [4.78, 5) is 47.2. The van der Waals surface area contributed by atoms with Gasteiger partial charge in [-0.2, -0.15) is 0 Å². The normalized spacial score (nSPS) is 11.0. The van der Waals surface area contributed by atoms with Gasteiger partial charge in [-0.1, -0.05) is 60.7 Å². The highest BCUT2D eigenvalue weighted by atomic mass is 32.1. The Labute approximate surface area is 255 Å². The SMILES string of the molecule is CCn1c(Cc2ccccc2)cnc(NCCc2ccccc2)c1=O.NC(N)=NCCCC(NC=O)C(=O)c1nccs1. The van der Waals surface area contributed by atoms with Crippen LogP contribution in [0, 0.1) is 0 Å². The summed E-state index contributed by atoms with van der Waals surface area (Å²) in [5, 5.41) is 7.77. The third kappa shape index (κ3) is 10.8. The smallest absolute Gasteiger partial charge is 0.293 e. The topological polar surface area (TPSA) is 170 Å². The quantitative estimate of drug-likeness (QED) is 0.0529. The first-order chi connectivity index (χ1) is 20.9. The van der Waals surface area contributed by atoms with Crippen LogP contribution in [0.15, 0.2) is 88.2 Å². The number of thiazole rings is 1. The average molecular weight is 603 g/mol. The van der Waals surface area contributed by atoms with E-state index in [4.69, 9.17) is 11.5 Å². The first-order valence-electron chi connectivity index (χ1n) is 14.0. The fourth-order valence-electron chi connectivity index (χ4n) is 4.28. The van der Waals surface area contributed by atoms with Gasteiger partial charge in [0, 0.05) is 49.5 Å². The zero-order valence-electron chi connectivity index (χ0n) is 24.2. The molecule has 0 spiro atoms. The molecule has 0 aliphatic heterocycles. The second-order valence-corrected chi connectivity index (χ2v) is 10.4. The number of aromatic nitrogens is 3. The molecule has 12 heteroatoms. The van der Waals surface area contributed by atoms with Crippen molar-refractivity contribution in [3.63, 3.8) is 0 Å². The van der Waals surface area contributed by atoms with Gasteiger partial charge in [0.2, 0.25) is 12.2 Å². The van der Waals surface area contributed by atoms with Crippen LogP contribution < -0.4 is 27.7 Å². The van der Waals surface area contributed by atoms with E-state index < -0.39 is 6.04 Å². The van der Waals surface area contributed by atoms with Gasteiger partial charge in [0.1, 0.15) is 0 Å². The number of hydrogen-bond donors (Lipinski definition) is 4. The molecule has 0 saturated carbocycles. The predicted octanol–water partition coefficient (Wildman–Crippen LogP) is 3.00. The highest BCUT2D eigenvalue weighted by Gasteiger charge is 2.20. The lowest BCUT2D eigenvalue weighted by Gasteiger charge is -2.13. The van der Waals surface area contributed by atoms with E-state index in [-0.39, 0.29) is 17.3 Å². The van der Waals surface area contributed by atoms with Crippen LogP contribution in [-0.4, -0.2) is 51.8 Å². The van der Waals surface area contributed by atoms with Gasteiger partial charge in [0.15, 0.2) is 16.8 Å². The van der Waals surface area contributed by atoms with Gasteiger partial charge < -0.3 is 26.7 Å². The number of Topliss-reactive ketones (excluding diaryl/α,β-unsaturated/α-hetero) is 1. The molecule has 4 aromatic rings. The number of amides is 1. The molecule has 0 saturated heterocycles. The minimum absolute atomic E-state index is 0.0150. The molecule has 0 aliphatic carbocycles. The number of guanidine groups is 1. The zero-order chi connectivity index (χ0) is 30.9. The van der Waals surface area contributed by atoms with Gasteiger partial charge in [-0.05, 0) is 37.3 Å². The number of rotatable bonds is 15. The first kappa shape index (κ1) is 32.7. The molecular formula is C31H38N8O3S. The summed E-state index contributed by atoms with van der Waals surface area (Å²) in [5.74, 6) is 0.248. The molecule has 226 valence electrons. The van der Waals surface area contributed by atoms with E-state index in [9.17, 15) is 14.4 Å². The van der Waals surface area contributed by atoms with Crippen LogP contribution >= 0.6 is 11.3 Å². The molecule has 1 atom stereocenters. The van der Waals surface area contributed by atoms with Crippen LogP contribution in [0.4, 0.5) is 5.82 Å². The Kier molecular flexibility index (Phi) is 13.6. The molecule has 1 amide bonds. The van der Waals surface area contributed by atoms with Crippen LogP contribution in [0.1, 0.15) is 46.4 Å². The Morgan fingerprint density at radius 2 is 1.77 bits per heavy atom. The Morgan fingerprint density at radius 3 is 2.37 bits per heavy atom. The standard InChI is InChI=1S/C21H23N3O.C10H15N5O2S/c1-2-24-19(15-18-11-7-4-8-12-18)16-23-20(21(24)25)22-14-13-17-9-5-3-6-10-17;11-10(12)14-3-1-2-7(15-6-16)8(17)9-13-4-5-18-9/h3-12,16H,2,13-15H2,1H3,(H,22,23);4-7H,1-3H2,(H,15,16)(H4,11,12,14). The van der Waals surface area contributed by atoms with Crippen molar-refractivity contribution in [2.45, 2.75) is 45.2 Å². The van der Waals surface area contributed by atoms with E-state index in [0.29, 0.717) is 56.1 Å². The number of anilines is 1. The monoisotopic (exact) mass is 602 g/mol. The number of nitrogens with two attached hydrogens (primary N) is 2. The molecule has 6 N–H and O–H groups in total. The number of benzene rings is 2. The molecule has 4 rings (SSSR count). The molecule has 0 radical (unpaired) electrons. The lowest BCUT2D eigenvalue weighted by Crippen LogP contribution is -2.36. The van der Waals surface area contributed by atoms with Crippen LogP contribution in [0.25, 0.3) is 0 Å². The predicted molar refractivity (Wildman–Crippen MR) is 171 cm³/mol. The van der Waals surface area contributed by atoms with Crippen molar-refractivity contribution in [3.8, 4) is 0 Å². The minimum Gasteiger partial charge on any atom is -0.370 e. The van der Waals surface area contributed by atoms with Gasteiger partial charge in [-0.15, -0.1) is 11.3 Å². The second kappa shape index (κ2) is 17.9. The number of aliphatic imine (C=N–C) groups is 1. The van der Waals surface area contributed by atoms with Crippen LogP contribution in [0.5, 0.6) is 0 Å². The van der Waals surface area contributed by atoms with Gasteiger partial charge in [-0.3, -0.25) is 19.4 Å². The third-order valence-electron chi connectivity index (χ3n) is 6.40. The highest BCUT2D eigenvalue weighted by Crippen LogP contribution is 2.11. The van der Waals surface area contributed by atoms with Crippen molar-refractivity contribution >= 4 is 35.3 Å². The maximum absolute atomic E-state index is 12.7. The van der Waals surface area contributed by atoms with Crippen molar-refractivity contribution in [1.29, 1.82) is 0 Å². The summed E-state index contributed by atoms with van der Waals surface area (Å²) in [6.07, 6.45) is 6.50. The van der Waals surface area contributed by atoms with Gasteiger partial charge >= 0.3 is 0 Å². The van der Waals surface area contributed by atoms with E-state index in [1.165, 1.54) is 22.5 Å². The molecule has 2 aromatic heterocycles. The Balaban J connectivity index is 0.000000250. The molecular weight excluding hydrogens is 564 g/mol. The Hall–Kier alpha value is -4.84. The van der Waals surface area contributed by atoms with Gasteiger partial charge in [0.05, 0.1) is 6.04 Å². The number of carbonyl (C=O) groups excluding carboxylic acids is 2. The summed E-state index contributed by atoms with van der Waals surface area (Å²) in [5.41, 5.74) is 13.7. The fourth-order valence-corrected chi connectivity index (χ4v) is 4.91. The van der Waals surface area contributed by atoms with E-state index in [1.54, 1.807) is 16.1 Å². The Morgan fingerprint density at radius 1 is 1.07 bits per heavy atom. The number of nitrogens with zero attached hydrogens (tertiary/aromatic N) is 4. The number of hydrogen-bond acceptors (Lipinski definition) is 8. The highest BCUT2D eigenvalue weighted by molar-refractivity contribution is 7.11. The molecule has 1 unspecified atom stereocenters. The van der Waals surface area contributed by atoms with Crippen molar-refractivity contribution in [1.82, 2.24) is 19.9 Å². The van der Waals surface area contributed by atoms with Crippen LogP contribution in [0.2, 0.25) is 0 Å². The molecule has 0 aliphatic rings. The lowest BCUT2D eigenvalue weighted by atomic mass is 10.1. The summed E-state index contributed by atoms with van der Waals surface area (Å²) in [7, 11) is 0. The average Bonchev–Trinajstić information content (AvgIpc) is 3.56. The van der Waals surface area contributed by atoms with E-state index in [0.717, 1.165) is 12.1 Å². The van der Waals surface area contributed by atoms with E-state index >= 15 is 0 Å². The largest absolute Gasteiger partial charge is 0.370 e. The Bertz CT molecular complexity index is 1490. The lowest BCUT2D eigenvalue weighted by molar-refractivity contribution is -0.110. The molecule has 43 heavy (non-hydrogen) atoms. The fraction of sp³-hybridized carbons (Fsp3) is 0.290. The van der Waals surface area contributed by atoms with Crippen LogP contribution in [0.3, 0.4) is 0 Å². The van der Waals surface area contributed by atoms with Crippen molar-refractivity contribution in [2.24, 2.45) is 16.5 Å². The maximum atomic E-state index is 12.7. The molecule has 2 heterocycles. The summed E-state index contributed by atoms with van der Waals surface area (Å²) in [6, 6.07) is 19.8. The van der Waals surface area contributed by atoms with Gasteiger partial charge in [-0.25, -0.2) is 9.97 Å². The van der Waals surface area contributed by atoms with Crippen molar-refractivity contribution in [3.05, 3.63) is 111 Å². The van der Waals surface area contributed by atoms with Crippen molar-refractivity contribution in [2.75, 3.05) is 18.4 Å². The molecule has 2 aromatic carbocycles. The molecule has 0 bridgehead atoms. The zero-order valence-corrected chi connectivity index (χ0v) is 25.0. The molecule has 0 fully saturated rings. The first-order valence-corrected chi connectivity index (χ1v) is 14.9. The number of carbonyl (C=O) groups is 2. The van der Waals surface area contributed by atoms with E-state index in [2.05, 4.69) is 49.9 Å². The third-order valence-corrected chi connectivity index (χ3v) is 7.19. The second-order valence-electron chi connectivity index (χ2n) is 9.46. The number of ketones is 1. The van der Waals surface area contributed by atoms with Gasteiger partial charge in [0.25, 0.3) is 5.56 Å². The van der Waals surface area contributed by atoms with Crippen LogP contribution in [-0.2, 0) is 24.2 Å². The summed E-state index contributed by atoms with van der Waals surface area (Å²) < 4.78 is 1.80. The summed E-state index contributed by atoms with van der Waals surface area (Å²) in [6.45, 7) is 3.74. The maximum Gasteiger partial charge on any atom is 0.293 e. The molecule has 11 nitrogen and oxygen atoms in total. The number of nitrogens with one attached hydrogen (secondary N) is 2. The minimum atomic E-state index is -0.581. The van der Waals surface area contributed by atoms with E-state index in [1.807, 2.05) is 49.5 Å². The van der Waals surface area contributed by atoms with Crippen molar-refractivity contribution < 1.29 is 9.59 Å².